The van der Waals surface area contributed by atoms with Crippen molar-refractivity contribution < 1.29 is 0 Å². The van der Waals surface area contributed by atoms with Crippen LogP contribution in [0.3, 0.4) is 0 Å². The smallest absolute Gasteiger partial charge is 0.0178 e. The van der Waals surface area contributed by atoms with E-state index in [9.17, 15) is 0 Å². The molecule has 0 saturated heterocycles. The van der Waals surface area contributed by atoms with Crippen LogP contribution in [0.5, 0.6) is 0 Å². The van der Waals surface area contributed by atoms with Crippen molar-refractivity contribution in [3.63, 3.8) is 0 Å². The van der Waals surface area contributed by atoms with Crippen molar-refractivity contribution in [1.29, 1.82) is 0 Å². The third-order valence-electron chi connectivity index (χ3n) is 12.7. The number of rotatable bonds is 45. The van der Waals surface area contributed by atoms with Gasteiger partial charge in [-0.15, -0.1) is 0 Å². The Balaban J connectivity index is 2.33. The largest absolute Gasteiger partial charge is 0.0654 e. The van der Waals surface area contributed by atoms with Gasteiger partial charge in [0.2, 0.25) is 0 Å². The SMILES string of the molecule is CCCCCCCCCCCCCCCCc1c[c]cc(CCCCCCCCCCCCCCCC)c1CCCCCCCCCCCCCCCC. The summed E-state index contributed by atoms with van der Waals surface area (Å²) in [5.41, 5.74) is 5.06. The molecule has 0 heterocycles. The molecular weight excluding hydrogens is 649 g/mol. The summed E-state index contributed by atoms with van der Waals surface area (Å²) in [5, 5.41) is 0. The maximum Gasteiger partial charge on any atom is -0.0178 e. The maximum atomic E-state index is 3.62. The second-order valence-electron chi connectivity index (χ2n) is 18.0. The minimum Gasteiger partial charge on any atom is -0.0654 e. The first-order valence-electron chi connectivity index (χ1n) is 25.8. The quantitative estimate of drug-likeness (QED) is 0.0583. The molecule has 0 amide bonds. The molecule has 1 aromatic rings. The van der Waals surface area contributed by atoms with Gasteiger partial charge >= 0.3 is 0 Å². The van der Waals surface area contributed by atoms with Gasteiger partial charge in [0, 0.05) is 0 Å². The Labute approximate surface area is 343 Å². The van der Waals surface area contributed by atoms with Crippen molar-refractivity contribution in [1.82, 2.24) is 0 Å². The Hall–Kier alpha value is -0.780. The molecule has 0 aliphatic rings. The fourth-order valence-electron chi connectivity index (χ4n) is 8.91. The van der Waals surface area contributed by atoms with E-state index in [1.807, 2.05) is 0 Å². The van der Waals surface area contributed by atoms with E-state index in [0.717, 1.165) is 0 Å². The van der Waals surface area contributed by atoms with Gasteiger partial charge < -0.3 is 0 Å². The summed E-state index contributed by atoms with van der Waals surface area (Å²) in [4.78, 5) is 0. The summed E-state index contributed by atoms with van der Waals surface area (Å²) in [5.74, 6) is 0. The molecule has 0 atom stereocenters. The van der Waals surface area contributed by atoms with Crippen LogP contribution in [0, 0.1) is 6.07 Å². The van der Waals surface area contributed by atoms with E-state index >= 15 is 0 Å². The predicted octanol–water partition coefficient (Wildman–Crippen LogP) is 19.6. The molecule has 0 aliphatic heterocycles. The summed E-state index contributed by atoms with van der Waals surface area (Å²) < 4.78 is 0. The van der Waals surface area contributed by atoms with Crippen LogP contribution in [0.4, 0.5) is 0 Å². The molecule has 0 fully saturated rings. The molecule has 1 aromatic carbocycles. The average Bonchev–Trinajstić information content (AvgIpc) is 3.18. The van der Waals surface area contributed by atoms with Gasteiger partial charge in [-0.1, -0.05) is 283 Å². The molecular formula is C54H101. The van der Waals surface area contributed by atoms with E-state index in [0.29, 0.717) is 0 Å². The van der Waals surface area contributed by atoms with Crippen LogP contribution in [-0.2, 0) is 19.3 Å². The topological polar surface area (TPSA) is 0 Å². The van der Waals surface area contributed by atoms with Crippen LogP contribution in [0.25, 0.3) is 0 Å². The lowest BCUT2D eigenvalue weighted by Gasteiger charge is -2.15. The lowest BCUT2D eigenvalue weighted by atomic mass is 9.90. The van der Waals surface area contributed by atoms with Gasteiger partial charge in [0.25, 0.3) is 0 Å². The van der Waals surface area contributed by atoms with Crippen LogP contribution < -0.4 is 0 Å². The van der Waals surface area contributed by atoms with Crippen LogP contribution in [0.2, 0.25) is 0 Å². The zero-order chi connectivity index (χ0) is 38.7. The highest BCUT2D eigenvalue weighted by atomic mass is 14.1. The molecule has 0 heteroatoms. The van der Waals surface area contributed by atoms with E-state index in [2.05, 4.69) is 39.0 Å². The first-order valence-corrected chi connectivity index (χ1v) is 25.8. The minimum atomic E-state index is 1.29. The van der Waals surface area contributed by atoms with Crippen molar-refractivity contribution in [2.45, 2.75) is 310 Å². The molecule has 0 aliphatic carbocycles. The third kappa shape index (κ3) is 34.5. The summed E-state index contributed by atoms with van der Waals surface area (Å²) in [6.07, 6.45) is 64.6. The molecule has 0 N–H and O–H groups in total. The lowest BCUT2D eigenvalue weighted by molar-refractivity contribution is 0.533. The van der Waals surface area contributed by atoms with E-state index in [4.69, 9.17) is 0 Å². The highest BCUT2D eigenvalue weighted by Crippen LogP contribution is 2.24. The van der Waals surface area contributed by atoms with E-state index in [1.54, 1.807) is 16.7 Å². The van der Waals surface area contributed by atoms with Crippen LogP contribution in [0.1, 0.15) is 307 Å². The zero-order valence-corrected chi connectivity index (χ0v) is 38.0. The Morgan fingerprint density at radius 1 is 0.241 bits per heavy atom. The standard InChI is InChI=1S/C54H101/c1-4-7-10-13-16-19-22-25-28-31-34-37-40-43-47-52-49-46-50-53(48-44-41-38-35-32-29-26-23-20-17-14-11-8-5-2)54(52)51-45-42-39-36-33-30-27-24-21-18-15-12-9-6-3/h49-50H,4-45,47-48,51H2,1-3H3. The zero-order valence-electron chi connectivity index (χ0n) is 38.0. The first kappa shape index (κ1) is 51.2. The first-order chi connectivity index (χ1) is 26.8. The van der Waals surface area contributed by atoms with Crippen LogP contribution >= 0.6 is 0 Å². The minimum absolute atomic E-state index is 1.29. The van der Waals surface area contributed by atoms with Gasteiger partial charge in [-0.05, 0) is 61.3 Å². The van der Waals surface area contributed by atoms with Gasteiger partial charge in [-0.25, -0.2) is 0 Å². The number of hydrogen-bond donors (Lipinski definition) is 0. The maximum absolute atomic E-state index is 3.62. The fraction of sp³-hybridized carbons (Fsp3) is 0.889. The van der Waals surface area contributed by atoms with Gasteiger partial charge in [0.05, 0.1) is 0 Å². The van der Waals surface area contributed by atoms with E-state index in [1.165, 1.54) is 289 Å². The Morgan fingerprint density at radius 3 is 0.648 bits per heavy atom. The summed E-state index contributed by atoms with van der Waals surface area (Å²) in [7, 11) is 0. The number of unbranched alkanes of at least 4 members (excludes halogenated alkanes) is 39. The van der Waals surface area contributed by atoms with Gasteiger partial charge in [-0.2, -0.15) is 0 Å². The summed E-state index contributed by atoms with van der Waals surface area (Å²) in [6, 6.07) is 8.39. The van der Waals surface area contributed by atoms with Crippen molar-refractivity contribution in [2.24, 2.45) is 0 Å². The van der Waals surface area contributed by atoms with Crippen molar-refractivity contribution in [3.05, 3.63) is 34.9 Å². The predicted molar refractivity (Wildman–Crippen MR) is 247 cm³/mol. The number of aryl methyl sites for hydroxylation is 2. The molecule has 1 radical (unpaired) electrons. The van der Waals surface area contributed by atoms with Crippen molar-refractivity contribution in [2.75, 3.05) is 0 Å². The molecule has 1 rings (SSSR count). The second-order valence-corrected chi connectivity index (χ2v) is 18.0. The number of benzene rings is 1. The third-order valence-corrected chi connectivity index (χ3v) is 12.7. The van der Waals surface area contributed by atoms with Gasteiger partial charge in [0.1, 0.15) is 0 Å². The second kappa shape index (κ2) is 43.3. The van der Waals surface area contributed by atoms with Crippen LogP contribution in [0.15, 0.2) is 12.1 Å². The highest BCUT2D eigenvalue weighted by Gasteiger charge is 2.09. The Bertz CT molecular complexity index is 786. The molecule has 0 unspecified atom stereocenters. The fourth-order valence-corrected chi connectivity index (χ4v) is 8.91. The van der Waals surface area contributed by atoms with E-state index < -0.39 is 0 Å². The average molecular weight is 750 g/mol. The van der Waals surface area contributed by atoms with Gasteiger partial charge in [0.15, 0.2) is 0 Å². The van der Waals surface area contributed by atoms with Gasteiger partial charge in [-0.3, -0.25) is 0 Å². The molecule has 0 aromatic heterocycles. The van der Waals surface area contributed by atoms with Crippen molar-refractivity contribution in [3.8, 4) is 0 Å². The number of hydrogen-bond acceptors (Lipinski definition) is 0. The highest BCUT2D eigenvalue weighted by molar-refractivity contribution is 5.35. The van der Waals surface area contributed by atoms with E-state index in [-0.39, 0.29) is 0 Å². The Kier molecular flexibility index (Phi) is 41.1. The summed E-state index contributed by atoms with van der Waals surface area (Å²) >= 11 is 0. The van der Waals surface area contributed by atoms with Crippen LogP contribution in [-0.4, -0.2) is 0 Å². The summed E-state index contributed by atoms with van der Waals surface area (Å²) in [6.45, 7) is 6.95. The molecule has 0 spiro atoms. The molecule has 54 heavy (non-hydrogen) atoms. The molecule has 0 nitrogen and oxygen atoms in total. The van der Waals surface area contributed by atoms with Crippen molar-refractivity contribution >= 4 is 0 Å². The molecule has 0 saturated carbocycles. The lowest BCUT2D eigenvalue weighted by Crippen LogP contribution is -2.02. The normalized spacial score (nSPS) is 11.6. The molecule has 0 bridgehead atoms. The molecule has 317 valence electrons. The Morgan fingerprint density at radius 2 is 0.426 bits per heavy atom. The monoisotopic (exact) mass is 750 g/mol.